The molecule has 170 valence electrons. The molecule has 5 rings (SSSR count). The Labute approximate surface area is 195 Å². The summed E-state index contributed by atoms with van der Waals surface area (Å²) in [6, 6.07) is 20.7. The van der Waals surface area contributed by atoms with E-state index in [1.807, 2.05) is 31.2 Å². The summed E-state index contributed by atoms with van der Waals surface area (Å²) in [6.07, 6.45) is 1.64. The molecule has 1 saturated heterocycles. The molecule has 0 bridgehead atoms. The van der Waals surface area contributed by atoms with Gasteiger partial charge < -0.3 is 10.6 Å². The monoisotopic (exact) mass is 455 g/mol. The molecule has 34 heavy (non-hydrogen) atoms. The molecule has 0 radical (unpaired) electrons. The van der Waals surface area contributed by atoms with Gasteiger partial charge in [-0.15, -0.1) is 0 Å². The maximum Gasteiger partial charge on any atom is 0.321 e. The summed E-state index contributed by atoms with van der Waals surface area (Å²) in [5.74, 6) is -0.667. The van der Waals surface area contributed by atoms with Gasteiger partial charge in [0.05, 0.1) is 11.3 Å². The van der Waals surface area contributed by atoms with Crippen LogP contribution in [0.15, 0.2) is 79.0 Å². The highest BCUT2D eigenvalue weighted by Gasteiger charge is 2.22. The molecule has 1 aliphatic rings. The van der Waals surface area contributed by atoms with Crippen molar-refractivity contribution >= 4 is 23.3 Å². The molecule has 1 fully saturated rings. The number of amides is 3. The van der Waals surface area contributed by atoms with Gasteiger partial charge in [-0.25, -0.2) is 13.9 Å². The number of aryl methyl sites for hydroxylation is 1. The first-order chi connectivity index (χ1) is 16.5. The van der Waals surface area contributed by atoms with Gasteiger partial charge in [-0.3, -0.25) is 9.69 Å². The Morgan fingerprint density at radius 1 is 1.03 bits per heavy atom. The van der Waals surface area contributed by atoms with Crippen LogP contribution < -0.4 is 15.5 Å². The van der Waals surface area contributed by atoms with Gasteiger partial charge in [0.25, 0.3) is 5.91 Å². The maximum atomic E-state index is 13.4. The first-order valence-electron chi connectivity index (χ1n) is 10.9. The van der Waals surface area contributed by atoms with Crippen molar-refractivity contribution in [2.75, 3.05) is 23.3 Å². The molecule has 2 heterocycles. The Morgan fingerprint density at radius 2 is 1.76 bits per heavy atom. The largest absolute Gasteiger partial charge is 0.336 e. The predicted molar refractivity (Wildman–Crippen MR) is 129 cm³/mol. The van der Waals surface area contributed by atoms with Crippen LogP contribution >= 0.6 is 0 Å². The number of aromatic nitrogens is 2. The Hall–Kier alpha value is -4.46. The third-order valence-corrected chi connectivity index (χ3v) is 5.64. The number of benzene rings is 3. The number of hydrogen-bond acceptors (Lipinski definition) is 3. The van der Waals surface area contributed by atoms with Crippen LogP contribution in [0.1, 0.15) is 15.9 Å². The van der Waals surface area contributed by atoms with Gasteiger partial charge in [0.1, 0.15) is 11.5 Å². The number of nitrogens with zero attached hydrogens (tertiary/aromatic N) is 3. The van der Waals surface area contributed by atoms with Crippen molar-refractivity contribution in [2.24, 2.45) is 0 Å². The number of anilines is 2. The molecule has 7 nitrogen and oxygen atoms in total. The molecule has 0 saturated carbocycles. The highest BCUT2D eigenvalue weighted by molar-refractivity contribution is 6.08. The van der Waals surface area contributed by atoms with Crippen molar-refractivity contribution in [3.8, 4) is 16.9 Å². The first kappa shape index (κ1) is 21.4. The van der Waals surface area contributed by atoms with E-state index < -0.39 is 0 Å². The van der Waals surface area contributed by atoms with Crippen LogP contribution in [0.3, 0.4) is 0 Å². The molecular formula is C26H22FN5O2. The fourth-order valence-electron chi connectivity index (χ4n) is 3.91. The highest BCUT2D eigenvalue weighted by Crippen LogP contribution is 2.26. The summed E-state index contributed by atoms with van der Waals surface area (Å²) in [7, 11) is 0. The van der Waals surface area contributed by atoms with Gasteiger partial charge >= 0.3 is 6.03 Å². The van der Waals surface area contributed by atoms with Gasteiger partial charge in [0.15, 0.2) is 0 Å². The second-order valence-corrected chi connectivity index (χ2v) is 8.07. The topological polar surface area (TPSA) is 79.3 Å². The molecule has 0 unspecified atom stereocenters. The van der Waals surface area contributed by atoms with E-state index >= 15 is 0 Å². The number of hydrogen-bond donors (Lipinski definition) is 2. The summed E-state index contributed by atoms with van der Waals surface area (Å²) >= 11 is 0. The average molecular weight is 455 g/mol. The summed E-state index contributed by atoms with van der Waals surface area (Å²) in [4.78, 5) is 26.8. The first-order valence-corrected chi connectivity index (χ1v) is 10.9. The molecule has 2 N–H and O–H groups in total. The van der Waals surface area contributed by atoms with Crippen LogP contribution in [0.5, 0.6) is 0 Å². The van der Waals surface area contributed by atoms with Gasteiger partial charge in [-0.1, -0.05) is 23.8 Å². The quantitative estimate of drug-likeness (QED) is 0.455. The fourth-order valence-corrected chi connectivity index (χ4v) is 3.91. The van der Waals surface area contributed by atoms with Gasteiger partial charge in [-0.2, -0.15) is 5.10 Å². The Morgan fingerprint density at radius 3 is 2.44 bits per heavy atom. The molecule has 8 heteroatoms. The van der Waals surface area contributed by atoms with E-state index in [2.05, 4.69) is 15.7 Å². The minimum absolute atomic E-state index is 0.132. The van der Waals surface area contributed by atoms with E-state index in [-0.39, 0.29) is 17.8 Å². The van der Waals surface area contributed by atoms with Crippen molar-refractivity contribution < 1.29 is 14.0 Å². The molecule has 1 aliphatic heterocycles. The number of urea groups is 1. The number of carbonyl (C=O) groups excluding carboxylic acids is 2. The average Bonchev–Trinajstić information content (AvgIpc) is 3.47. The van der Waals surface area contributed by atoms with Crippen molar-refractivity contribution in [1.82, 2.24) is 15.1 Å². The minimum atomic E-state index is -0.345. The zero-order valence-electron chi connectivity index (χ0n) is 18.5. The number of halogens is 1. The lowest BCUT2D eigenvalue weighted by Crippen LogP contribution is -2.27. The second kappa shape index (κ2) is 8.82. The van der Waals surface area contributed by atoms with E-state index in [1.165, 1.54) is 12.1 Å². The Balaban J connectivity index is 1.46. The molecular weight excluding hydrogens is 433 g/mol. The van der Waals surface area contributed by atoms with Crippen LogP contribution in [-0.2, 0) is 0 Å². The summed E-state index contributed by atoms with van der Waals surface area (Å²) in [6.45, 7) is 3.19. The standard InChI is InChI=1S/C26H22FN5O2/c1-17-3-2-4-18(15-17)24-23(16-32(30-24)22-9-5-19(27)6-10-22)25(33)29-20-7-11-21(12-8-20)31-14-13-28-26(31)34/h2-12,15-16H,13-14H2,1H3,(H,28,34)(H,29,33). The molecule has 0 atom stereocenters. The lowest BCUT2D eigenvalue weighted by Gasteiger charge is -2.14. The van der Waals surface area contributed by atoms with Gasteiger partial charge in [-0.05, 0) is 61.5 Å². The van der Waals surface area contributed by atoms with Crippen LogP contribution in [-0.4, -0.2) is 34.8 Å². The predicted octanol–water partition coefficient (Wildman–Crippen LogP) is 4.77. The van der Waals surface area contributed by atoms with Crippen LogP contribution in [0.4, 0.5) is 20.6 Å². The van der Waals surface area contributed by atoms with Crippen LogP contribution in [0.2, 0.25) is 0 Å². The lowest BCUT2D eigenvalue weighted by atomic mass is 10.1. The summed E-state index contributed by atoms with van der Waals surface area (Å²) < 4.78 is 15.0. The third kappa shape index (κ3) is 4.25. The van der Waals surface area contributed by atoms with Gasteiger partial charge in [0.2, 0.25) is 0 Å². The highest BCUT2D eigenvalue weighted by atomic mass is 19.1. The van der Waals surface area contributed by atoms with E-state index in [1.54, 1.807) is 52.2 Å². The molecule has 0 aliphatic carbocycles. The van der Waals surface area contributed by atoms with E-state index in [0.29, 0.717) is 35.7 Å². The van der Waals surface area contributed by atoms with E-state index in [0.717, 1.165) is 16.8 Å². The summed E-state index contributed by atoms with van der Waals surface area (Å²) in [5.41, 5.74) is 4.76. The van der Waals surface area contributed by atoms with Crippen molar-refractivity contribution in [1.29, 1.82) is 0 Å². The second-order valence-electron chi connectivity index (χ2n) is 8.07. The van der Waals surface area contributed by atoms with Crippen LogP contribution in [0.25, 0.3) is 16.9 Å². The summed E-state index contributed by atoms with van der Waals surface area (Å²) in [5, 5.41) is 10.3. The van der Waals surface area contributed by atoms with E-state index in [9.17, 15) is 14.0 Å². The maximum absolute atomic E-state index is 13.4. The SMILES string of the molecule is Cc1cccc(-c2nn(-c3ccc(F)cc3)cc2C(=O)Nc2ccc(N3CCNC3=O)cc2)c1. The Kier molecular flexibility index (Phi) is 5.55. The molecule has 3 amide bonds. The lowest BCUT2D eigenvalue weighted by molar-refractivity contribution is 0.102. The third-order valence-electron chi connectivity index (χ3n) is 5.64. The van der Waals surface area contributed by atoms with Gasteiger partial charge in [0, 0.05) is 36.2 Å². The number of carbonyl (C=O) groups is 2. The van der Waals surface area contributed by atoms with Crippen molar-refractivity contribution in [2.45, 2.75) is 6.92 Å². The molecule has 4 aromatic rings. The van der Waals surface area contributed by atoms with Crippen LogP contribution in [0, 0.1) is 12.7 Å². The van der Waals surface area contributed by atoms with Crippen molar-refractivity contribution in [3.05, 3.63) is 95.9 Å². The van der Waals surface area contributed by atoms with Crippen molar-refractivity contribution in [3.63, 3.8) is 0 Å². The van der Waals surface area contributed by atoms with E-state index in [4.69, 9.17) is 0 Å². The zero-order valence-corrected chi connectivity index (χ0v) is 18.5. The Bertz CT molecular complexity index is 1360. The normalized spacial score (nSPS) is 13.1. The number of nitrogens with one attached hydrogen (secondary N) is 2. The number of rotatable bonds is 5. The minimum Gasteiger partial charge on any atom is -0.336 e. The smallest absolute Gasteiger partial charge is 0.321 e. The molecule has 0 spiro atoms. The molecule has 3 aromatic carbocycles. The fraction of sp³-hybridized carbons (Fsp3) is 0.115. The zero-order chi connectivity index (χ0) is 23.7. The molecule has 1 aromatic heterocycles.